The molecule has 0 aliphatic rings. The quantitative estimate of drug-likeness (QED) is 0.673. The molecule has 0 fully saturated rings. The van der Waals surface area contributed by atoms with E-state index in [9.17, 15) is 0 Å². The van der Waals surface area contributed by atoms with Gasteiger partial charge in [-0.1, -0.05) is 0 Å². The topological polar surface area (TPSA) is 72.5 Å². The number of hydrogen-bond donors (Lipinski definition) is 2. The summed E-state index contributed by atoms with van der Waals surface area (Å²) in [5.41, 5.74) is 7.44. The monoisotopic (exact) mass is 177 g/mol. The van der Waals surface area contributed by atoms with Crippen LogP contribution in [0.5, 0.6) is 0 Å². The average molecular weight is 177 g/mol. The summed E-state index contributed by atoms with van der Waals surface area (Å²) in [7, 11) is 1.93. The molecular weight excluding hydrogens is 166 g/mol. The molecule has 0 aliphatic carbocycles. The second-order valence-electron chi connectivity index (χ2n) is 2.97. The fourth-order valence-electron chi connectivity index (χ4n) is 1.24. The van der Waals surface area contributed by atoms with Crippen LogP contribution < -0.4 is 5.73 Å². The van der Waals surface area contributed by atoms with Crippen molar-refractivity contribution in [3.8, 4) is 11.5 Å². The SMILES string of the molecule is Cc1c(N)n[nH]c1-c1nccn1C. The molecular formula is C8H11N5. The lowest BCUT2D eigenvalue weighted by Gasteiger charge is -1.98. The second-order valence-corrected chi connectivity index (χ2v) is 2.97. The molecule has 0 aliphatic heterocycles. The highest BCUT2D eigenvalue weighted by atomic mass is 15.2. The first-order valence-electron chi connectivity index (χ1n) is 3.98. The van der Waals surface area contributed by atoms with Gasteiger partial charge in [0.1, 0.15) is 11.5 Å². The minimum Gasteiger partial charge on any atom is -0.382 e. The minimum atomic E-state index is 0.526. The van der Waals surface area contributed by atoms with Gasteiger partial charge in [-0.05, 0) is 6.92 Å². The largest absolute Gasteiger partial charge is 0.382 e. The zero-order valence-corrected chi connectivity index (χ0v) is 7.57. The number of rotatable bonds is 1. The van der Waals surface area contributed by atoms with Crippen molar-refractivity contribution in [2.75, 3.05) is 5.73 Å². The number of aromatic nitrogens is 4. The lowest BCUT2D eigenvalue weighted by atomic mass is 10.2. The molecule has 2 rings (SSSR count). The van der Waals surface area contributed by atoms with Crippen molar-refractivity contribution < 1.29 is 0 Å². The average Bonchev–Trinajstić information content (AvgIpc) is 2.62. The van der Waals surface area contributed by atoms with E-state index in [0.717, 1.165) is 17.1 Å². The standard InChI is InChI=1S/C8H11N5/c1-5-6(11-12-7(5)9)8-10-3-4-13(8)2/h3-4H,1-2H3,(H3,9,11,12). The number of H-pyrrole nitrogens is 1. The third-order valence-corrected chi connectivity index (χ3v) is 2.09. The summed E-state index contributed by atoms with van der Waals surface area (Å²) in [5.74, 6) is 1.37. The Bertz CT molecular complexity index is 425. The Hall–Kier alpha value is -1.78. The summed E-state index contributed by atoms with van der Waals surface area (Å²) in [6.07, 6.45) is 3.62. The number of nitrogens with one attached hydrogen (secondary N) is 1. The van der Waals surface area contributed by atoms with Crippen molar-refractivity contribution in [1.82, 2.24) is 19.7 Å². The Kier molecular flexibility index (Phi) is 1.58. The molecule has 13 heavy (non-hydrogen) atoms. The Morgan fingerprint density at radius 3 is 2.77 bits per heavy atom. The maximum absolute atomic E-state index is 5.62. The Morgan fingerprint density at radius 1 is 1.54 bits per heavy atom. The molecule has 0 saturated heterocycles. The number of hydrogen-bond acceptors (Lipinski definition) is 3. The summed E-state index contributed by atoms with van der Waals surface area (Å²) in [6.45, 7) is 1.92. The number of anilines is 1. The van der Waals surface area contributed by atoms with Crippen LogP contribution in [0.1, 0.15) is 5.56 Å². The van der Waals surface area contributed by atoms with E-state index >= 15 is 0 Å². The zero-order valence-electron chi connectivity index (χ0n) is 7.57. The zero-order chi connectivity index (χ0) is 9.42. The Morgan fingerprint density at radius 2 is 2.31 bits per heavy atom. The van der Waals surface area contributed by atoms with Gasteiger partial charge in [0.25, 0.3) is 0 Å². The number of aryl methyl sites for hydroxylation is 1. The van der Waals surface area contributed by atoms with Crippen molar-refractivity contribution in [1.29, 1.82) is 0 Å². The van der Waals surface area contributed by atoms with Crippen molar-refractivity contribution in [3.05, 3.63) is 18.0 Å². The van der Waals surface area contributed by atoms with Crippen molar-refractivity contribution in [2.24, 2.45) is 7.05 Å². The molecule has 0 atom stereocenters. The summed E-state index contributed by atoms with van der Waals surface area (Å²) in [4.78, 5) is 4.20. The van der Waals surface area contributed by atoms with Gasteiger partial charge in [-0.25, -0.2) is 4.98 Å². The Balaban J connectivity index is 2.59. The van der Waals surface area contributed by atoms with Gasteiger partial charge in [0.15, 0.2) is 5.82 Å². The molecule has 0 radical (unpaired) electrons. The summed E-state index contributed by atoms with van der Waals surface area (Å²) in [5, 5.41) is 6.77. The minimum absolute atomic E-state index is 0.526. The highest BCUT2D eigenvalue weighted by molar-refractivity contribution is 5.61. The molecule has 0 spiro atoms. The smallest absolute Gasteiger partial charge is 0.158 e. The number of aromatic amines is 1. The van der Waals surface area contributed by atoms with Crippen LogP contribution in [0, 0.1) is 6.92 Å². The van der Waals surface area contributed by atoms with Crippen LogP contribution in [0.3, 0.4) is 0 Å². The highest BCUT2D eigenvalue weighted by Gasteiger charge is 2.11. The molecule has 5 heteroatoms. The van der Waals surface area contributed by atoms with E-state index < -0.39 is 0 Å². The summed E-state index contributed by atoms with van der Waals surface area (Å²) >= 11 is 0. The lowest BCUT2D eigenvalue weighted by molar-refractivity contribution is 0.912. The van der Waals surface area contributed by atoms with E-state index in [-0.39, 0.29) is 0 Å². The van der Waals surface area contributed by atoms with E-state index in [2.05, 4.69) is 15.2 Å². The van der Waals surface area contributed by atoms with Gasteiger partial charge in [-0.3, -0.25) is 5.10 Å². The maximum Gasteiger partial charge on any atom is 0.158 e. The predicted molar refractivity (Wildman–Crippen MR) is 49.9 cm³/mol. The summed E-state index contributed by atoms with van der Waals surface area (Å²) in [6, 6.07) is 0. The van der Waals surface area contributed by atoms with Gasteiger partial charge < -0.3 is 10.3 Å². The van der Waals surface area contributed by atoms with E-state index in [4.69, 9.17) is 5.73 Å². The normalized spacial score (nSPS) is 10.6. The fraction of sp³-hybridized carbons (Fsp3) is 0.250. The van der Waals surface area contributed by atoms with E-state index in [1.165, 1.54) is 0 Å². The molecule has 0 amide bonds. The second kappa shape index (κ2) is 2.62. The van der Waals surface area contributed by atoms with E-state index in [1.807, 2.05) is 24.7 Å². The molecule has 0 saturated carbocycles. The Labute approximate surface area is 75.6 Å². The molecule has 2 aromatic rings. The van der Waals surface area contributed by atoms with Crippen LogP contribution in [0.15, 0.2) is 12.4 Å². The van der Waals surface area contributed by atoms with Crippen LogP contribution >= 0.6 is 0 Å². The molecule has 68 valence electrons. The number of imidazole rings is 1. The van der Waals surface area contributed by atoms with Gasteiger partial charge >= 0.3 is 0 Å². The van der Waals surface area contributed by atoms with Crippen LogP contribution in [-0.2, 0) is 7.05 Å². The van der Waals surface area contributed by atoms with Crippen LogP contribution in [-0.4, -0.2) is 19.7 Å². The van der Waals surface area contributed by atoms with Gasteiger partial charge in [0, 0.05) is 25.0 Å². The predicted octanol–water partition coefficient (Wildman–Crippen LogP) is 0.701. The van der Waals surface area contributed by atoms with Crippen LogP contribution in [0.25, 0.3) is 11.5 Å². The van der Waals surface area contributed by atoms with E-state index in [0.29, 0.717) is 5.82 Å². The third kappa shape index (κ3) is 1.09. The fourth-order valence-corrected chi connectivity index (χ4v) is 1.24. The first kappa shape index (κ1) is 7.85. The molecule has 2 heterocycles. The number of nitrogen functional groups attached to an aromatic ring is 1. The highest BCUT2D eigenvalue weighted by Crippen LogP contribution is 2.21. The first-order valence-corrected chi connectivity index (χ1v) is 3.98. The molecule has 0 bridgehead atoms. The van der Waals surface area contributed by atoms with Gasteiger partial charge in [-0.15, -0.1) is 0 Å². The molecule has 0 aromatic carbocycles. The maximum atomic E-state index is 5.62. The van der Waals surface area contributed by atoms with Gasteiger partial charge in [0.2, 0.25) is 0 Å². The van der Waals surface area contributed by atoms with Crippen molar-refractivity contribution in [2.45, 2.75) is 6.92 Å². The summed E-state index contributed by atoms with van der Waals surface area (Å²) < 4.78 is 1.92. The number of nitrogens with two attached hydrogens (primary N) is 1. The van der Waals surface area contributed by atoms with Crippen molar-refractivity contribution >= 4 is 5.82 Å². The van der Waals surface area contributed by atoms with Crippen LogP contribution in [0.2, 0.25) is 0 Å². The van der Waals surface area contributed by atoms with Crippen LogP contribution in [0.4, 0.5) is 5.82 Å². The molecule has 5 nitrogen and oxygen atoms in total. The van der Waals surface area contributed by atoms with Gasteiger partial charge in [0.05, 0.1) is 0 Å². The number of nitrogens with zero attached hydrogens (tertiary/aromatic N) is 3. The molecule has 2 aromatic heterocycles. The van der Waals surface area contributed by atoms with E-state index in [1.54, 1.807) is 6.20 Å². The first-order chi connectivity index (χ1) is 6.20. The molecule has 3 N–H and O–H groups in total. The third-order valence-electron chi connectivity index (χ3n) is 2.09. The lowest BCUT2D eigenvalue weighted by Crippen LogP contribution is -1.93. The molecule has 0 unspecified atom stereocenters. The van der Waals surface area contributed by atoms with Crippen molar-refractivity contribution in [3.63, 3.8) is 0 Å². The van der Waals surface area contributed by atoms with Gasteiger partial charge in [-0.2, -0.15) is 5.10 Å².